The Balaban J connectivity index is 2.43. The summed E-state index contributed by atoms with van der Waals surface area (Å²) in [6, 6.07) is 15.4. The minimum Gasteiger partial charge on any atom is -0.458 e. The third-order valence-electron chi connectivity index (χ3n) is 4.05. The summed E-state index contributed by atoms with van der Waals surface area (Å²) in [4.78, 5) is 0.165. The van der Waals surface area contributed by atoms with Crippen molar-refractivity contribution in [1.29, 1.82) is 0 Å². The summed E-state index contributed by atoms with van der Waals surface area (Å²) < 4.78 is 38.7. The number of aromatic nitrogens is 1. The molecule has 0 spiro atoms. The van der Waals surface area contributed by atoms with Gasteiger partial charge in [0.25, 0.3) is 10.0 Å². The minimum absolute atomic E-state index is 0.0681. The van der Waals surface area contributed by atoms with Crippen LogP contribution in [0.5, 0.6) is 0 Å². The summed E-state index contributed by atoms with van der Waals surface area (Å²) in [6.45, 7) is 7.43. The molecule has 0 fully saturated rings. The molecule has 0 amide bonds. The molecular weight excluding hydrogens is 362 g/mol. The van der Waals surface area contributed by atoms with Crippen LogP contribution in [0.4, 0.5) is 0 Å². The van der Waals surface area contributed by atoms with E-state index >= 15 is 0 Å². The highest BCUT2D eigenvalue weighted by Crippen LogP contribution is 2.35. The number of benzene rings is 2. The van der Waals surface area contributed by atoms with Crippen LogP contribution in [0.15, 0.2) is 78.4 Å². The molecule has 0 N–H and O–H groups in total. The molecule has 2 aromatic carbocycles. The monoisotopic (exact) mass is 381 g/mol. The van der Waals surface area contributed by atoms with E-state index in [0.717, 1.165) is 5.39 Å². The smallest absolute Gasteiger partial charge is 0.268 e. The second-order valence-electron chi connectivity index (χ2n) is 5.62. The van der Waals surface area contributed by atoms with E-state index in [-0.39, 0.29) is 17.4 Å². The lowest BCUT2D eigenvalue weighted by Gasteiger charge is -2.14. The first-order valence-electron chi connectivity index (χ1n) is 8.15. The summed E-state index contributed by atoms with van der Waals surface area (Å²) >= 11 is 0. The molecule has 27 heavy (non-hydrogen) atoms. The lowest BCUT2D eigenvalue weighted by atomic mass is 10.1. The van der Waals surface area contributed by atoms with Gasteiger partial charge in [0, 0.05) is 18.1 Å². The third kappa shape index (κ3) is 3.22. The van der Waals surface area contributed by atoms with E-state index in [2.05, 4.69) is 18.9 Å². The summed E-state index contributed by atoms with van der Waals surface area (Å²) in [5.41, 5.74) is 4.12. The molecule has 0 atom stereocenters. The topological polar surface area (TPSA) is 57.5 Å². The first-order chi connectivity index (χ1) is 13.1. The number of hydrogen-bond donors (Lipinski definition) is 0. The van der Waals surface area contributed by atoms with Crippen LogP contribution >= 0.6 is 0 Å². The second kappa shape index (κ2) is 7.68. The predicted octanol–water partition coefficient (Wildman–Crippen LogP) is 4.27. The maximum absolute atomic E-state index is 13.5. The van der Waals surface area contributed by atoms with Crippen LogP contribution < -0.4 is 0 Å². The number of hydrogen-bond acceptors (Lipinski definition) is 4. The minimum atomic E-state index is -3.91. The predicted molar refractivity (Wildman–Crippen MR) is 107 cm³/mol. The van der Waals surface area contributed by atoms with E-state index in [1.165, 1.54) is 11.1 Å². The molecule has 0 aliphatic heterocycles. The van der Waals surface area contributed by atoms with Gasteiger partial charge in [0.05, 0.1) is 10.4 Å². The fraction of sp³-hybridized carbons (Fsp3) is 0.0952. The quantitative estimate of drug-likeness (QED) is 0.348. The molecule has 1 heterocycles. The molecular formula is C21H19NO4S. The van der Waals surface area contributed by atoms with Gasteiger partial charge in [-0.15, -0.1) is 0 Å². The summed E-state index contributed by atoms with van der Waals surface area (Å²) in [5, 5.41) is 0.732. The molecule has 138 valence electrons. The number of para-hydroxylation sites is 1. The fourth-order valence-electron chi connectivity index (χ4n) is 2.93. The Kier molecular flexibility index (Phi) is 5.33. The van der Waals surface area contributed by atoms with Gasteiger partial charge in [-0.25, -0.2) is 12.4 Å². The number of rotatable bonds is 7. The second-order valence-corrected chi connectivity index (χ2v) is 7.41. The normalized spacial score (nSPS) is 11.1. The average Bonchev–Trinajstić information content (AvgIpc) is 3.04. The van der Waals surface area contributed by atoms with Crippen molar-refractivity contribution in [3.63, 3.8) is 0 Å². The maximum Gasteiger partial charge on any atom is 0.268 e. The fourth-order valence-corrected chi connectivity index (χ4v) is 4.48. The van der Waals surface area contributed by atoms with E-state index in [1.54, 1.807) is 48.5 Å². The van der Waals surface area contributed by atoms with Crippen molar-refractivity contribution in [2.75, 3.05) is 13.9 Å². The van der Waals surface area contributed by atoms with Gasteiger partial charge in [0.15, 0.2) is 12.6 Å². The van der Waals surface area contributed by atoms with Crippen LogP contribution in [0.2, 0.25) is 0 Å². The zero-order valence-corrected chi connectivity index (χ0v) is 15.7. The van der Waals surface area contributed by atoms with Crippen molar-refractivity contribution in [2.45, 2.75) is 4.90 Å². The zero-order valence-electron chi connectivity index (χ0n) is 14.9. The van der Waals surface area contributed by atoms with Crippen LogP contribution in [0.3, 0.4) is 0 Å². The first kappa shape index (κ1) is 18.7. The highest BCUT2D eigenvalue weighted by Gasteiger charge is 2.28. The van der Waals surface area contributed by atoms with E-state index in [4.69, 9.17) is 9.47 Å². The largest absolute Gasteiger partial charge is 0.458 e. The number of ether oxygens (including phenoxy) is 2. The van der Waals surface area contributed by atoms with Crippen molar-refractivity contribution in [2.24, 2.45) is 0 Å². The Morgan fingerprint density at radius 2 is 1.81 bits per heavy atom. The molecule has 0 radical (unpaired) electrons. The lowest BCUT2D eigenvalue weighted by Crippen LogP contribution is -2.16. The van der Waals surface area contributed by atoms with Gasteiger partial charge in [-0.2, -0.15) is 0 Å². The van der Waals surface area contributed by atoms with E-state index in [9.17, 15) is 8.42 Å². The number of fused-ring (bicyclic) bond motifs is 1. The molecule has 6 heteroatoms. The molecule has 0 aliphatic carbocycles. The van der Waals surface area contributed by atoms with Gasteiger partial charge in [-0.1, -0.05) is 61.4 Å². The van der Waals surface area contributed by atoms with Gasteiger partial charge < -0.3 is 9.47 Å². The molecule has 0 saturated carbocycles. The first-order valence-corrected chi connectivity index (χ1v) is 9.59. The molecule has 3 rings (SSSR count). The highest BCUT2D eigenvalue weighted by molar-refractivity contribution is 7.90. The molecule has 0 unspecified atom stereocenters. The van der Waals surface area contributed by atoms with Crippen molar-refractivity contribution < 1.29 is 17.9 Å². The number of methoxy groups -OCH3 is 1. The van der Waals surface area contributed by atoms with Crippen LogP contribution in [0.1, 0.15) is 11.3 Å². The molecule has 1 aromatic heterocycles. The molecule has 3 aromatic rings. The van der Waals surface area contributed by atoms with Crippen LogP contribution in [-0.4, -0.2) is 26.3 Å². The van der Waals surface area contributed by atoms with Crippen molar-refractivity contribution >= 4 is 32.8 Å². The molecule has 5 nitrogen and oxygen atoms in total. The van der Waals surface area contributed by atoms with Gasteiger partial charge >= 0.3 is 0 Å². The van der Waals surface area contributed by atoms with Crippen molar-refractivity contribution in [3.8, 4) is 0 Å². The Morgan fingerprint density at radius 1 is 1.15 bits per heavy atom. The van der Waals surface area contributed by atoms with Gasteiger partial charge in [0.1, 0.15) is 5.69 Å². The Labute approximate surface area is 158 Å². The standard InChI is InChI=1S/C21H19NO4S/c1-4-17-18-13-9-10-14-19(18)22(21(17)20(5-2)26-15-25-3)27(23,24)16-11-7-6-8-12-16/h4,6-14H,1-2,15H2,3H3. The highest BCUT2D eigenvalue weighted by atomic mass is 32.2. The molecule has 0 aliphatic rings. The summed E-state index contributed by atoms with van der Waals surface area (Å²) in [6.07, 6.45) is 1.60. The SMILES string of the molecule is C=C=C(OCOC)c1c(C=C)c2ccccc2n1S(=O)(=O)c1ccccc1. The number of nitrogens with zero attached hydrogens (tertiary/aromatic N) is 1. The Morgan fingerprint density at radius 3 is 2.44 bits per heavy atom. The molecule has 0 saturated heterocycles. The Bertz CT molecular complexity index is 1140. The Hall–Kier alpha value is -3.05. The summed E-state index contributed by atoms with van der Waals surface area (Å²) in [7, 11) is -2.43. The van der Waals surface area contributed by atoms with Crippen LogP contribution in [0.25, 0.3) is 22.7 Å². The van der Waals surface area contributed by atoms with Crippen LogP contribution in [0, 0.1) is 0 Å². The van der Waals surface area contributed by atoms with Crippen molar-refractivity contribution in [3.05, 3.63) is 84.7 Å². The van der Waals surface area contributed by atoms with Gasteiger partial charge in [-0.3, -0.25) is 0 Å². The van der Waals surface area contributed by atoms with E-state index in [0.29, 0.717) is 16.8 Å². The van der Waals surface area contributed by atoms with Gasteiger partial charge in [-0.05, 0) is 18.2 Å². The van der Waals surface area contributed by atoms with E-state index < -0.39 is 10.0 Å². The third-order valence-corrected chi connectivity index (χ3v) is 5.78. The van der Waals surface area contributed by atoms with Crippen LogP contribution in [-0.2, 0) is 19.5 Å². The zero-order chi connectivity index (χ0) is 19.4. The maximum atomic E-state index is 13.5. The molecule has 0 bridgehead atoms. The van der Waals surface area contributed by atoms with Crippen molar-refractivity contribution in [1.82, 2.24) is 3.97 Å². The van der Waals surface area contributed by atoms with Gasteiger partial charge in [0.2, 0.25) is 0 Å². The van der Waals surface area contributed by atoms with E-state index in [1.807, 2.05) is 12.1 Å². The summed E-state index contributed by atoms with van der Waals surface area (Å²) in [5.74, 6) is 0.169. The lowest BCUT2D eigenvalue weighted by molar-refractivity contribution is 0.0315. The average molecular weight is 381 g/mol.